The van der Waals surface area contributed by atoms with Crippen LogP contribution in [0.2, 0.25) is 0 Å². The van der Waals surface area contributed by atoms with Crippen molar-refractivity contribution in [3.05, 3.63) is 72.6 Å². The van der Waals surface area contributed by atoms with Crippen LogP contribution in [0.25, 0.3) is 22.3 Å². The topological polar surface area (TPSA) is 82.7 Å². The van der Waals surface area contributed by atoms with Crippen molar-refractivity contribution in [2.24, 2.45) is 5.41 Å². The Labute approximate surface area is 182 Å². The first kappa shape index (κ1) is 20.6. The van der Waals surface area contributed by atoms with Gasteiger partial charge in [0.15, 0.2) is 0 Å². The van der Waals surface area contributed by atoms with Gasteiger partial charge in [0, 0.05) is 22.8 Å². The third kappa shape index (κ3) is 4.58. The second-order valence-electron chi connectivity index (χ2n) is 8.73. The van der Waals surface area contributed by atoms with Gasteiger partial charge >= 0.3 is 0 Å². The molecule has 0 saturated heterocycles. The number of hydrogen-bond acceptors (Lipinski definition) is 4. The Balaban J connectivity index is 1.57. The number of anilines is 2. The lowest BCUT2D eigenvalue weighted by atomic mass is 9.95. The monoisotopic (exact) mass is 413 g/mol. The van der Waals surface area contributed by atoms with Crippen molar-refractivity contribution in [3.8, 4) is 11.3 Å². The minimum absolute atomic E-state index is 0.00983. The van der Waals surface area contributed by atoms with E-state index in [-0.39, 0.29) is 11.9 Å². The fourth-order valence-electron chi connectivity index (χ4n) is 3.29. The fraction of sp³-hybridized carbons (Fsp3) is 0.240. The summed E-state index contributed by atoms with van der Waals surface area (Å²) < 4.78 is 0. The number of fused-ring (bicyclic) bond motifs is 1. The first-order chi connectivity index (χ1) is 14.8. The Morgan fingerprint density at radius 1 is 1.00 bits per heavy atom. The minimum atomic E-state index is -0.436. The van der Waals surface area contributed by atoms with E-state index in [1.165, 1.54) is 5.56 Å². The molecule has 1 amide bonds. The third-order valence-electron chi connectivity index (χ3n) is 5.21. The Morgan fingerprint density at radius 3 is 2.39 bits per heavy atom. The number of amides is 1. The summed E-state index contributed by atoms with van der Waals surface area (Å²) >= 11 is 0. The van der Waals surface area contributed by atoms with Crippen LogP contribution in [0.1, 0.15) is 39.3 Å². The maximum atomic E-state index is 12.2. The standard InChI is InChI=1S/C25H27N5O/c1-16(17-8-6-5-7-9-17)28-22-20-14-21(30-23(20)27-15-26-22)18-10-12-19(13-11-18)29-24(31)25(2,3)4/h5-16H,1-4H3,(H,29,31)(H2,26,27,28,30). The van der Waals surface area contributed by atoms with E-state index in [1.54, 1.807) is 6.33 Å². The quantitative estimate of drug-likeness (QED) is 0.387. The second kappa shape index (κ2) is 8.22. The van der Waals surface area contributed by atoms with E-state index in [9.17, 15) is 4.79 Å². The van der Waals surface area contributed by atoms with Crippen molar-refractivity contribution in [1.29, 1.82) is 0 Å². The summed E-state index contributed by atoms with van der Waals surface area (Å²) in [5, 5.41) is 7.38. The van der Waals surface area contributed by atoms with Crippen LogP contribution in [0.15, 0.2) is 67.0 Å². The highest BCUT2D eigenvalue weighted by Gasteiger charge is 2.21. The molecule has 0 saturated carbocycles. The average molecular weight is 414 g/mol. The maximum Gasteiger partial charge on any atom is 0.229 e. The summed E-state index contributed by atoms with van der Waals surface area (Å²) in [6.45, 7) is 7.80. The molecule has 0 radical (unpaired) electrons. The highest BCUT2D eigenvalue weighted by Crippen LogP contribution is 2.29. The van der Waals surface area contributed by atoms with Crippen molar-refractivity contribution in [1.82, 2.24) is 15.0 Å². The number of carbonyl (C=O) groups excluding carboxylic acids is 1. The molecule has 4 aromatic rings. The average Bonchev–Trinajstić information content (AvgIpc) is 3.19. The van der Waals surface area contributed by atoms with E-state index in [0.29, 0.717) is 0 Å². The molecule has 3 N–H and O–H groups in total. The number of nitrogens with zero attached hydrogens (tertiary/aromatic N) is 2. The Bertz CT molecular complexity index is 1190. The van der Waals surface area contributed by atoms with Crippen LogP contribution in [0.4, 0.5) is 11.5 Å². The molecule has 0 bridgehead atoms. The molecule has 0 spiro atoms. The van der Waals surface area contributed by atoms with Crippen LogP contribution < -0.4 is 10.6 Å². The number of aromatic amines is 1. The minimum Gasteiger partial charge on any atom is -0.363 e. The lowest BCUT2D eigenvalue weighted by molar-refractivity contribution is -0.123. The normalized spacial score (nSPS) is 12.5. The van der Waals surface area contributed by atoms with Gasteiger partial charge in [-0.25, -0.2) is 9.97 Å². The number of nitrogens with one attached hydrogen (secondary N) is 3. The van der Waals surface area contributed by atoms with Gasteiger partial charge in [0.25, 0.3) is 0 Å². The van der Waals surface area contributed by atoms with Crippen LogP contribution in [-0.2, 0) is 4.79 Å². The van der Waals surface area contributed by atoms with Crippen molar-refractivity contribution >= 4 is 28.4 Å². The molecule has 0 aliphatic rings. The number of carbonyl (C=O) groups is 1. The summed E-state index contributed by atoms with van der Waals surface area (Å²) in [6.07, 6.45) is 1.56. The molecule has 0 aliphatic carbocycles. The summed E-state index contributed by atoms with van der Waals surface area (Å²) in [6, 6.07) is 20.2. The number of hydrogen-bond donors (Lipinski definition) is 3. The first-order valence-corrected chi connectivity index (χ1v) is 10.4. The predicted octanol–water partition coefficient (Wildman–Crippen LogP) is 5.78. The fourth-order valence-corrected chi connectivity index (χ4v) is 3.29. The molecule has 2 heterocycles. The van der Waals surface area contributed by atoms with Crippen LogP contribution in [-0.4, -0.2) is 20.9 Å². The highest BCUT2D eigenvalue weighted by molar-refractivity contribution is 5.95. The summed E-state index contributed by atoms with van der Waals surface area (Å²) in [5.41, 5.74) is 4.26. The Hall–Kier alpha value is -3.67. The Kier molecular flexibility index (Phi) is 5.46. The molecule has 1 atom stereocenters. The van der Waals surface area contributed by atoms with Crippen LogP contribution in [0.3, 0.4) is 0 Å². The number of benzene rings is 2. The highest BCUT2D eigenvalue weighted by atomic mass is 16.2. The van der Waals surface area contributed by atoms with Crippen molar-refractivity contribution < 1.29 is 4.79 Å². The molecule has 2 aromatic carbocycles. The maximum absolute atomic E-state index is 12.2. The molecule has 0 fully saturated rings. The summed E-state index contributed by atoms with van der Waals surface area (Å²) in [5.74, 6) is 0.780. The van der Waals surface area contributed by atoms with E-state index in [1.807, 2.05) is 63.2 Å². The van der Waals surface area contributed by atoms with E-state index >= 15 is 0 Å². The smallest absolute Gasteiger partial charge is 0.229 e. The van der Waals surface area contributed by atoms with Crippen LogP contribution in [0, 0.1) is 5.41 Å². The molecule has 4 rings (SSSR count). The van der Waals surface area contributed by atoms with E-state index < -0.39 is 5.41 Å². The summed E-state index contributed by atoms with van der Waals surface area (Å²) in [4.78, 5) is 24.4. The zero-order valence-corrected chi connectivity index (χ0v) is 18.2. The van der Waals surface area contributed by atoms with Crippen molar-refractivity contribution in [2.45, 2.75) is 33.7 Å². The molecule has 6 nitrogen and oxygen atoms in total. The molecular weight excluding hydrogens is 386 g/mol. The zero-order valence-electron chi connectivity index (χ0n) is 18.2. The van der Waals surface area contributed by atoms with Gasteiger partial charge in [-0.15, -0.1) is 0 Å². The van der Waals surface area contributed by atoms with Gasteiger partial charge in [-0.05, 0) is 36.2 Å². The number of rotatable bonds is 5. The molecule has 1 unspecified atom stereocenters. The Morgan fingerprint density at radius 2 is 1.71 bits per heavy atom. The van der Waals surface area contributed by atoms with E-state index in [0.717, 1.165) is 33.8 Å². The SMILES string of the molecule is CC(Nc1ncnc2[nH]c(-c3ccc(NC(=O)C(C)(C)C)cc3)cc12)c1ccccc1. The van der Waals surface area contributed by atoms with E-state index in [4.69, 9.17) is 0 Å². The predicted molar refractivity (Wildman–Crippen MR) is 126 cm³/mol. The first-order valence-electron chi connectivity index (χ1n) is 10.4. The molecule has 0 aliphatic heterocycles. The van der Waals surface area contributed by atoms with Gasteiger partial charge in [0.1, 0.15) is 17.8 Å². The van der Waals surface area contributed by atoms with Crippen molar-refractivity contribution in [3.63, 3.8) is 0 Å². The molecule has 158 valence electrons. The lowest BCUT2D eigenvalue weighted by Crippen LogP contribution is -2.27. The van der Waals surface area contributed by atoms with Gasteiger partial charge < -0.3 is 15.6 Å². The largest absolute Gasteiger partial charge is 0.363 e. The third-order valence-corrected chi connectivity index (χ3v) is 5.21. The molecule has 6 heteroatoms. The zero-order chi connectivity index (χ0) is 22.0. The molecule has 31 heavy (non-hydrogen) atoms. The lowest BCUT2D eigenvalue weighted by Gasteiger charge is -2.17. The number of H-pyrrole nitrogens is 1. The van der Waals surface area contributed by atoms with Crippen LogP contribution >= 0.6 is 0 Å². The number of aromatic nitrogens is 3. The van der Waals surface area contributed by atoms with Gasteiger partial charge in [0.2, 0.25) is 5.91 Å². The second-order valence-corrected chi connectivity index (χ2v) is 8.73. The summed E-state index contributed by atoms with van der Waals surface area (Å²) in [7, 11) is 0. The molecular formula is C25H27N5O. The van der Waals surface area contributed by atoms with Gasteiger partial charge in [-0.3, -0.25) is 4.79 Å². The van der Waals surface area contributed by atoms with Gasteiger partial charge in [-0.1, -0.05) is 63.2 Å². The van der Waals surface area contributed by atoms with Crippen LogP contribution in [0.5, 0.6) is 0 Å². The van der Waals surface area contributed by atoms with Gasteiger partial charge in [0.05, 0.1) is 5.39 Å². The van der Waals surface area contributed by atoms with E-state index in [2.05, 4.69) is 50.7 Å². The van der Waals surface area contributed by atoms with Gasteiger partial charge in [-0.2, -0.15) is 0 Å². The molecule has 2 aromatic heterocycles. The van der Waals surface area contributed by atoms with Crippen molar-refractivity contribution in [2.75, 3.05) is 10.6 Å².